The van der Waals surface area contributed by atoms with Gasteiger partial charge in [-0.15, -0.1) is 5.06 Å². The average molecular weight is 921 g/mol. The SMILES string of the molecule is CCN1/C(=C/C=C/C2=[N+](CCCCCC(=O)ON3C(=O)CCC3=O)c3ccccc3C2(C)CCOCCOCCOCCOC)C(C)(CCOCCOCCOCCOC)c2ccccc21. The lowest BCUT2D eigenvalue weighted by atomic mass is 9.76. The number of allylic oxidation sites excluding steroid dienone is 4. The third kappa shape index (κ3) is 14.6. The van der Waals surface area contributed by atoms with Crippen LogP contribution in [-0.4, -0.2) is 153 Å². The normalized spacial score (nSPS) is 19.9. The number of carbonyl (C=O) groups is 3. The molecule has 0 aromatic heterocycles. The van der Waals surface area contributed by atoms with Crippen molar-refractivity contribution in [3.63, 3.8) is 0 Å². The summed E-state index contributed by atoms with van der Waals surface area (Å²) in [6.45, 7) is 15.7. The Kier molecular flexibility index (Phi) is 22.4. The second-order valence-corrected chi connectivity index (χ2v) is 16.9. The highest BCUT2D eigenvalue weighted by Gasteiger charge is 2.47. The van der Waals surface area contributed by atoms with Crippen LogP contribution in [0.2, 0.25) is 0 Å². The van der Waals surface area contributed by atoms with Gasteiger partial charge in [0.15, 0.2) is 5.71 Å². The van der Waals surface area contributed by atoms with Crippen LogP contribution >= 0.6 is 0 Å². The molecule has 1 fully saturated rings. The van der Waals surface area contributed by atoms with Gasteiger partial charge in [-0.2, -0.15) is 4.58 Å². The summed E-state index contributed by atoms with van der Waals surface area (Å²) in [5.74, 6) is -1.51. The van der Waals surface area contributed by atoms with E-state index >= 15 is 0 Å². The molecule has 0 N–H and O–H groups in total. The Bertz CT molecular complexity index is 1920. The fraction of sp³-hybridized carbons (Fsp3) is 0.608. The smallest absolute Gasteiger partial charge is 0.333 e. The lowest BCUT2D eigenvalue weighted by Gasteiger charge is -2.30. The highest BCUT2D eigenvalue weighted by molar-refractivity contribution is 6.03. The van der Waals surface area contributed by atoms with E-state index in [0.717, 1.165) is 44.5 Å². The van der Waals surface area contributed by atoms with Crippen molar-refractivity contribution in [2.24, 2.45) is 0 Å². The second kappa shape index (κ2) is 28.1. The molecular weight excluding hydrogens is 847 g/mol. The van der Waals surface area contributed by atoms with Crippen LogP contribution in [0.3, 0.4) is 0 Å². The van der Waals surface area contributed by atoms with Gasteiger partial charge in [-0.3, -0.25) is 9.59 Å². The van der Waals surface area contributed by atoms with Crippen LogP contribution in [0.25, 0.3) is 0 Å². The number of unbranched alkanes of at least 4 members (excludes halogenated alkanes) is 2. The van der Waals surface area contributed by atoms with Crippen LogP contribution in [0.4, 0.5) is 11.4 Å². The van der Waals surface area contributed by atoms with Gasteiger partial charge >= 0.3 is 5.97 Å². The Hall–Kier alpha value is -4.32. The number of para-hydroxylation sites is 2. The molecule has 0 saturated carbocycles. The summed E-state index contributed by atoms with van der Waals surface area (Å²) in [5.41, 5.74) is 6.64. The van der Waals surface area contributed by atoms with E-state index in [-0.39, 0.29) is 30.1 Å². The lowest BCUT2D eigenvalue weighted by Crippen LogP contribution is -2.33. The molecule has 66 heavy (non-hydrogen) atoms. The van der Waals surface area contributed by atoms with E-state index in [1.807, 2.05) is 0 Å². The first-order valence-corrected chi connectivity index (χ1v) is 23.7. The third-order valence-corrected chi connectivity index (χ3v) is 12.4. The number of carbonyl (C=O) groups excluding carboxylic acids is 3. The van der Waals surface area contributed by atoms with Gasteiger partial charge in [0.1, 0.15) is 6.54 Å². The zero-order valence-electron chi connectivity index (χ0n) is 40.1. The maximum Gasteiger partial charge on any atom is 0.333 e. The molecule has 0 radical (unpaired) electrons. The molecule has 1 saturated heterocycles. The number of imide groups is 1. The Morgan fingerprint density at radius 2 is 1.17 bits per heavy atom. The Balaban J connectivity index is 1.30. The zero-order chi connectivity index (χ0) is 47.0. The van der Waals surface area contributed by atoms with Crippen molar-refractivity contribution in [3.05, 3.63) is 83.6 Å². The molecule has 0 aliphatic carbocycles. The molecule has 2 atom stereocenters. The maximum absolute atomic E-state index is 12.6. The number of hydroxylamine groups is 2. The highest BCUT2D eigenvalue weighted by atomic mass is 16.7. The molecule has 3 aliphatic heterocycles. The van der Waals surface area contributed by atoms with E-state index < -0.39 is 17.8 Å². The minimum absolute atomic E-state index is 0.0716. The summed E-state index contributed by atoms with van der Waals surface area (Å²) in [5, 5.41) is 0.618. The number of benzene rings is 2. The number of fused-ring (bicyclic) bond motifs is 2. The Labute approximate surface area is 391 Å². The summed E-state index contributed by atoms with van der Waals surface area (Å²) in [7, 11) is 3.31. The number of amides is 2. The van der Waals surface area contributed by atoms with Crippen molar-refractivity contribution in [2.45, 2.75) is 83.0 Å². The number of ether oxygens (including phenoxy) is 8. The Morgan fingerprint density at radius 3 is 1.74 bits per heavy atom. The van der Waals surface area contributed by atoms with E-state index in [2.05, 4.69) is 97.0 Å². The average Bonchev–Trinajstić information content (AvgIpc) is 3.86. The quantitative estimate of drug-likeness (QED) is 0.0422. The molecule has 3 aliphatic rings. The molecule has 5 rings (SSSR count). The largest absolute Gasteiger partial charge is 0.382 e. The summed E-state index contributed by atoms with van der Waals surface area (Å²) < 4.78 is 47.3. The van der Waals surface area contributed by atoms with Crippen molar-refractivity contribution in [1.82, 2.24) is 5.06 Å². The number of rotatable bonds is 34. The molecule has 15 nitrogen and oxygen atoms in total. The van der Waals surface area contributed by atoms with Gasteiger partial charge in [0, 0.05) is 94.2 Å². The van der Waals surface area contributed by atoms with Gasteiger partial charge in [0.2, 0.25) is 5.69 Å². The Morgan fingerprint density at radius 1 is 0.652 bits per heavy atom. The van der Waals surface area contributed by atoms with Crippen molar-refractivity contribution in [3.8, 4) is 0 Å². The van der Waals surface area contributed by atoms with Crippen molar-refractivity contribution in [1.29, 1.82) is 0 Å². The fourth-order valence-corrected chi connectivity index (χ4v) is 8.81. The van der Waals surface area contributed by atoms with Crippen LogP contribution in [0.1, 0.15) is 83.3 Å². The van der Waals surface area contributed by atoms with E-state index in [1.54, 1.807) is 14.2 Å². The van der Waals surface area contributed by atoms with Crippen LogP contribution in [0.15, 0.2) is 72.5 Å². The zero-order valence-corrected chi connectivity index (χ0v) is 40.1. The van der Waals surface area contributed by atoms with Crippen LogP contribution in [-0.2, 0) is 67.9 Å². The molecule has 364 valence electrons. The fourth-order valence-electron chi connectivity index (χ4n) is 8.81. The third-order valence-electron chi connectivity index (χ3n) is 12.4. The second-order valence-electron chi connectivity index (χ2n) is 16.9. The number of anilines is 1. The van der Waals surface area contributed by atoms with Gasteiger partial charge in [-0.25, -0.2) is 4.79 Å². The first-order valence-electron chi connectivity index (χ1n) is 23.7. The molecule has 2 aromatic rings. The molecule has 0 bridgehead atoms. The molecular formula is C51H74N3O12+. The van der Waals surface area contributed by atoms with Crippen LogP contribution < -0.4 is 4.90 Å². The lowest BCUT2D eigenvalue weighted by molar-refractivity contribution is -0.438. The number of methoxy groups -OCH3 is 2. The first-order chi connectivity index (χ1) is 32.2. The highest BCUT2D eigenvalue weighted by Crippen LogP contribution is 2.50. The topological polar surface area (TPSA) is 144 Å². The van der Waals surface area contributed by atoms with E-state index in [4.69, 9.17) is 42.7 Å². The number of likely N-dealkylation sites (N-methyl/N-ethyl adjacent to an activating group) is 1. The summed E-state index contributed by atoms with van der Waals surface area (Å²) in [6.07, 6.45) is 10.7. The maximum atomic E-state index is 12.6. The van der Waals surface area contributed by atoms with Gasteiger partial charge in [-0.1, -0.05) is 42.5 Å². The predicted molar refractivity (Wildman–Crippen MR) is 251 cm³/mol. The van der Waals surface area contributed by atoms with Crippen molar-refractivity contribution < 1.29 is 61.7 Å². The number of nitrogens with zero attached hydrogens (tertiary/aromatic N) is 3. The molecule has 15 heteroatoms. The van der Waals surface area contributed by atoms with Gasteiger partial charge < -0.3 is 47.6 Å². The summed E-state index contributed by atoms with van der Waals surface area (Å²) in [6, 6.07) is 17.3. The predicted octanol–water partition coefficient (Wildman–Crippen LogP) is 6.62. The molecule has 2 amide bonds. The van der Waals surface area contributed by atoms with Crippen LogP contribution in [0, 0.1) is 0 Å². The minimum Gasteiger partial charge on any atom is -0.382 e. The number of hydrogen-bond acceptors (Lipinski definition) is 13. The molecule has 2 unspecified atom stereocenters. The van der Waals surface area contributed by atoms with Crippen molar-refractivity contribution in [2.75, 3.05) is 125 Å². The first kappa shape index (κ1) is 52.6. The standard InChI is InChI=1S/C51H74N3O12/c1-6-52-43-17-11-9-15-41(43)50(2,24-27-60-33-35-64-39-37-62-31-29-58-4)45(52)19-14-20-46-51(3,25-28-61-34-36-65-40-38-63-32-30-59-5)42-16-10-12-18-44(42)53(46)26-13-7-8-21-49(57)66-54-47(55)22-23-48(54)56/h9-12,14-20H,6-8,13,21-40H2,1-5H3/q+1. The van der Waals surface area contributed by atoms with E-state index in [0.29, 0.717) is 104 Å². The molecule has 3 heterocycles. The minimum atomic E-state index is -0.569. The van der Waals surface area contributed by atoms with E-state index in [9.17, 15) is 14.4 Å². The molecule has 0 spiro atoms. The number of hydrogen-bond donors (Lipinski definition) is 0. The monoisotopic (exact) mass is 921 g/mol. The van der Waals surface area contributed by atoms with Crippen LogP contribution in [0.5, 0.6) is 0 Å². The summed E-state index contributed by atoms with van der Waals surface area (Å²) in [4.78, 5) is 44.0. The van der Waals surface area contributed by atoms with Crippen molar-refractivity contribution >= 4 is 34.9 Å². The molecule has 2 aromatic carbocycles. The van der Waals surface area contributed by atoms with Gasteiger partial charge in [-0.05, 0) is 64.2 Å². The summed E-state index contributed by atoms with van der Waals surface area (Å²) >= 11 is 0. The van der Waals surface area contributed by atoms with E-state index in [1.165, 1.54) is 28.2 Å². The van der Waals surface area contributed by atoms with Gasteiger partial charge in [0.05, 0.1) is 84.7 Å². The van der Waals surface area contributed by atoms with Gasteiger partial charge in [0.25, 0.3) is 11.8 Å².